The summed E-state index contributed by atoms with van der Waals surface area (Å²) in [5, 5.41) is 2.20. The maximum atomic E-state index is 12.6. The molecule has 1 aromatic heterocycles. The second-order valence-electron chi connectivity index (χ2n) is 6.75. The van der Waals surface area contributed by atoms with Crippen molar-refractivity contribution in [3.63, 3.8) is 0 Å². The third-order valence-electron chi connectivity index (χ3n) is 4.47. The van der Waals surface area contributed by atoms with Crippen molar-refractivity contribution in [2.75, 3.05) is 11.9 Å². The van der Waals surface area contributed by atoms with E-state index < -0.39 is 17.1 Å². The standard InChI is InChI=1S/C23H18N2O4S/c1-15-7-9-17(10-8-15)24-21(26)14-25-22(27)20(30-23(25)28)13-18-11-12-19(29-18)16-5-3-2-4-6-16/h2-13H,14H2,1H3,(H,24,26). The predicted octanol–water partition coefficient (Wildman–Crippen LogP) is 4.93. The largest absolute Gasteiger partial charge is 0.457 e. The first-order valence-electron chi connectivity index (χ1n) is 9.27. The van der Waals surface area contributed by atoms with Crippen LogP contribution in [0, 0.1) is 6.92 Å². The number of aryl methyl sites for hydroxylation is 1. The van der Waals surface area contributed by atoms with E-state index in [1.54, 1.807) is 24.3 Å². The Balaban J connectivity index is 1.44. The van der Waals surface area contributed by atoms with Crippen LogP contribution in [-0.4, -0.2) is 28.5 Å². The molecule has 0 bridgehead atoms. The Hall–Kier alpha value is -3.58. The van der Waals surface area contributed by atoms with Gasteiger partial charge in [0.05, 0.1) is 4.91 Å². The highest BCUT2D eigenvalue weighted by Crippen LogP contribution is 2.33. The van der Waals surface area contributed by atoms with E-state index in [0.717, 1.165) is 27.8 Å². The van der Waals surface area contributed by atoms with E-state index in [-0.39, 0.29) is 11.4 Å². The highest BCUT2D eigenvalue weighted by atomic mass is 32.2. The maximum absolute atomic E-state index is 12.6. The van der Waals surface area contributed by atoms with Gasteiger partial charge in [0.15, 0.2) is 0 Å². The number of carbonyl (C=O) groups is 3. The predicted molar refractivity (Wildman–Crippen MR) is 117 cm³/mol. The molecule has 0 radical (unpaired) electrons. The van der Waals surface area contributed by atoms with Crippen molar-refractivity contribution < 1.29 is 18.8 Å². The molecule has 1 fully saturated rings. The second-order valence-corrected chi connectivity index (χ2v) is 7.74. The molecule has 3 aromatic rings. The molecule has 7 heteroatoms. The van der Waals surface area contributed by atoms with E-state index in [2.05, 4.69) is 5.32 Å². The van der Waals surface area contributed by atoms with Gasteiger partial charge < -0.3 is 9.73 Å². The topological polar surface area (TPSA) is 79.6 Å². The fraction of sp³-hybridized carbons (Fsp3) is 0.0870. The van der Waals surface area contributed by atoms with E-state index in [0.29, 0.717) is 17.2 Å². The molecule has 6 nitrogen and oxygen atoms in total. The highest BCUT2D eigenvalue weighted by Gasteiger charge is 2.36. The van der Waals surface area contributed by atoms with Gasteiger partial charge in [0.25, 0.3) is 11.1 Å². The Bertz CT molecular complexity index is 1130. The number of rotatable bonds is 5. The molecule has 150 valence electrons. The molecule has 1 saturated heterocycles. The summed E-state index contributed by atoms with van der Waals surface area (Å²) in [5.74, 6) is 0.176. The number of imide groups is 1. The molecule has 30 heavy (non-hydrogen) atoms. The van der Waals surface area contributed by atoms with Gasteiger partial charge in [-0.3, -0.25) is 19.3 Å². The number of amides is 3. The average molecular weight is 418 g/mol. The van der Waals surface area contributed by atoms with Crippen molar-refractivity contribution in [2.24, 2.45) is 0 Å². The minimum Gasteiger partial charge on any atom is -0.457 e. The zero-order chi connectivity index (χ0) is 21.1. The summed E-state index contributed by atoms with van der Waals surface area (Å²) in [6.45, 7) is 1.60. The average Bonchev–Trinajstić information content (AvgIpc) is 3.31. The van der Waals surface area contributed by atoms with Crippen LogP contribution < -0.4 is 5.32 Å². The van der Waals surface area contributed by atoms with Crippen molar-refractivity contribution in [1.82, 2.24) is 4.90 Å². The Labute approximate surface area is 177 Å². The molecule has 2 heterocycles. The minimum atomic E-state index is -0.512. The Kier molecular flexibility index (Phi) is 5.54. The van der Waals surface area contributed by atoms with Gasteiger partial charge in [-0.05, 0) is 43.0 Å². The number of furan rings is 1. The summed E-state index contributed by atoms with van der Waals surface area (Å²) in [4.78, 5) is 38.3. The molecule has 0 unspecified atom stereocenters. The summed E-state index contributed by atoms with van der Waals surface area (Å²) < 4.78 is 5.77. The van der Waals surface area contributed by atoms with Gasteiger partial charge in [-0.1, -0.05) is 48.0 Å². The first-order valence-corrected chi connectivity index (χ1v) is 10.1. The fourth-order valence-corrected chi connectivity index (χ4v) is 3.75. The molecule has 0 aliphatic carbocycles. The fourth-order valence-electron chi connectivity index (χ4n) is 2.93. The Morgan fingerprint density at radius 3 is 2.50 bits per heavy atom. The van der Waals surface area contributed by atoms with Gasteiger partial charge in [0, 0.05) is 17.3 Å². The molecule has 2 aromatic carbocycles. The summed E-state index contributed by atoms with van der Waals surface area (Å²) in [5.41, 5.74) is 2.59. The van der Waals surface area contributed by atoms with E-state index in [1.165, 1.54) is 6.08 Å². The van der Waals surface area contributed by atoms with Crippen molar-refractivity contribution in [3.8, 4) is 11.3 Å². The van der Waals surface area contributed by atoms with Crippen LogP contribution in [0.2, 0.25) is 0 Å². The molecular formula is C23H18N2O4S. The van der Waals surface area contributed by atoms with E-state index >= 15 is 0 Å². The number of hydrogen-bond acceptors (Lipinski definition) is 5. The van der Waals surface area contributed by atoms with E-state index in [9.17, 15) is 14.4 Å². The number of benzene rings is 2. The smallest absolute Gasteiger partial charge is 0.294 e. The third-order valence-corrected chi connectivity index (χ3v) is 5.38. The van der Waals surface area contributed by atoms with Gasteiger partial charge in [0.2, 0.25) is 5.91 Å². The Morgan fingerprint density at radius 1 is 1.03 bits per heavy atom. The number of nitrogens with one attached hydrogen (secondary N) is 1. The maximum Gasteiger partial charge on any atom is 0.294 e. The highest BCUT2D eigenvalue weighted by molar-refractivity contribution is 8.18. The first-order chi connectivity index (χ1) is 14.5. The van der Waals surface area contributed by atoms with Gasteiger partial charge in [-0.15, -0.1) is 0 Å². The number of anilines is 1. The number of hydrogen-bond donors (Lipinski definition) is 1. The molecule has 1 aliphatic heterocycles. The zero-order valence-corrected chi connectivity index (χ0v) is 16.9. The van der Waals surface area contributed by atoms with E-state index in [1.807, 2.05) is 49.4 Å². The van der Waals surface area contributed by atoms with Crippen LogP contribution in [0.1, 0.15) is 11.3 Å². The molecule has 0 saturated carbocycles. The van der Waals surface area contributed by atoms with Crippen LogP contribution in [0.3, 0.4) is 0 Å². The van der Waals surface area contributed by atoms with Crippen molar-refractivity contribution in [2.45, 2.75) is 6.92 Å². The molecule has 3 amide bonds. The second kappa shape index (κ2) is 8.42. The summed E-state index contributed by atoms with van der Waals surface area (Å²) in [7, 11) is 0. The van der Waals surface area contributed by atoms with Crippen LogP contribution >= 0.6 is 11.8 Å². The van der Waals surface area contributed by atoms with Crippen LogP contribution in [0.5, 0.6) is 0 Å². The molecular weight excluding hydrogens is 400 g/mol. The quantitative estimate of drug-likeness (QED) is 0.594. The minimum absolute atomic E-state index is 0.220. The first kappa shape index (κ1) is 19.7. The van der Waals surface area contributed by atoms with Crippen LogP contribution in [0.4, 0.5) is 10.5 Å². The molecule has 0 spiro atoms. The molecule has 4 rings (SSSR count). The van der Waals surface area contributed by atoms with Crippen molar-refractivity contribution >= 4 is 40.6 Å². The third kappa shape index (κ3) is 4.36. The summed E-state index contributed by atoms with van der Waals surface area (Å²) >= 11 is 0.790. The van der Waals surface area contributed by atoms with Crippen LogP contribution in [-0.2, 0) is 9.59 Å². The van der Waals surface area contributed by atoms with Gasteiger partial charge in [-0.2, -0.15) is 0 Å². The Morgan fingerprint density at radius 2 is 1.77 bits per heavy atom. The lowest BCUT2D eigenvalue weighted by molar-refractivity contribution is -0.127. The number of nitrogens with zero attached hydrogens (tertiary/aromatic N) is 1. The molecule has 1 aliphatic rings. The van der Waals surface area contributed by atoms with Gasteiger partial charge >= 0.3 is 0 Å². The van der Waals surface area contributed by atoms with E-state index in [4.69, 9.17) is 4.42 Å². The van der Waals surface area contributed by atoms with Gasteiger partial charge in [-0.25, -0.2) is 0 Å². The van der Waals surface area contributed by atoms with Crippen molar-refractivity contribution in [1.29, 1.82) is 0 Å². The SMILES string of the molecule is Cc1ccc(NC(=O)CN2C(=O)SC(=Cc3ccc(-c4ccccc4)o3)C2=O)cc1. The zero-order valence-electron chi connectivity index (χ0n) is 16.1. The van der Waals surface area contributed by atoms with Crippen molar-refractivity contribution in [3.05, 3.63) is 83.0 Å². The normalized spacial score (nSPS) is 15.1. The molecule has 0 atom stereocenters. The van der Waals surface area contributed by atoms with Crippen LogP contribution in [0.15, 0.2) is 76.1 Å². The summed E-state index contributed by atoms with van der Waals surface area (Å²) in [6, 6.07) is 20.4. The van der Waals surface area contributed by atoms with Crippen LogP contribution in [0.25, 0.3) is 17.4 Å². The number of thioether (sulfide) groups is 1. The number of carbonyl (C=O) groups excluding carboxylic acids is 3. The lowest BCUT2D eigenvalue weighted by Crippen LogP contribution is -2.36. The lowest BCUT2D eigenvalue weighted by atomic mass is 10.2. The van der Waals surface area contributed by atoms with Gasteiger partial charge in [0.1, 0.15) is 18.1 Å². The summed E-state index contributed by atoms with van der Waals surface area (Å²) in [6.07, 6.45) is 1.52. The molecule has 1 N–H and O–H groups in total. The monoisotopic (exact) mass is 418 g/mol. The lowest BCUT2D eigenvalue weighted by Gasteiger charge is -2.12.